The van der Waals surface area contributed by atoms with Gasteiger partial charge >= 0.3 is 5.97 Å². The van der Waals surface area contributed by atoms with Crippen LogP contribution in [0.1, 0.15) is 67.3 Å². The number of quaternary nitrogens is 1. The van der Waals surface area contributed by atoms with Crippen LogP contribution in [0.2, 0.25) is 0 Å². The normalized spacial score (nSPS) is 18.3. The number of aromatic nitrogens is 2. The maximum Gasteiger partial charge on any atom is 0.343 e. The van der Waals surface area contributed by atoms with Gasteiger partial charge in [0.15, 0.2) is 17.2 Å². The van der Waals surface area contributed by atoms with Crippen LogP contribution in [0.4, 0.5) is 10.1 Å². The minimum absolute atomic E-state index is 0.0152. The lowest BCUT2D eigenvalue weighted by atomic mass is 9.86. The first kappa shape index (κ1) is 52.4. The Morgan fingerprint density at radius 2 is 1.66 bits per heavy atom. The van der Waals surface area contributed by atoms with Crippen molar-refractivity contribution in [1.29, 1.82) is 0 Å². The number of nitrogens with one attached hydrogen (secondary N) is 3. The van der Waals surface area contributed by atoms with E-state index in [9.17, 15) is 38.7 Å². The van der Waals surface area contributed by atoms with Gasteiger partial charge in [0.25, 0.3) is 17.4 Å². The lowest BCUT2D eigenvalue weighted by molar-refractivity contribution is -0.926. The van der Waals surface area contributed by atoms with Crippen molar-refractivity contribution in [2.24, 2.45) is 0 Å². The first-order valence-corrected chi connectivity index (χ1v) is 24.6. The number of rotatable bonds is 22. The number of piperazine rings is 1. The summed E-state index contributed by atoms with van der Waals surface area (Å²) in [7, 11) is 3.62. The van der Waals surface area contributed by atoms with Crippen molar-refractivity contribution in [1.82, 2.24) is 30.0 Å². The van der Waals surface area contributed by atoms with Gasteiger partial charge in [0.2, 0.25) is 17.7 Å². The molecule has 4 aliphatic heterocycles. The topological polar surface area (TPSA) is 237 Å². The van der Waals surface area contributed by atoms with E-state index in [0.29, 0.717) is 40.9 Å². The average molecular weight is 1010 g/mol. The fourth-order valence-corrected chi connectivity index (χ4v) is 9.68. The number of carbonyl (C=O) groups excluding carboxylic acids is 6. The van der Waals surface area contributed by atoms with Gasteiger partial charge in [-0.2, -0.15) is 0 Å². The van der Waals surface area contributed by atoms with Gasteiger partial charge in [0, 0.05) is 91.5 Å². The summed E-state index contributed by atoms with van der Waals surface area (Å²) in [4.78, 5) is 95.7. The molecule has 4 N–H and O–H groups in total. The zero-order valence-electron chi connectivity index (χ0n) is 41.6. The number of aliphatic hydroxyl groups is 1. The summed E-state index contributed by atoms with van der Waals surface area (Å²) in [5, 5.41) is 20.4. The van der Waals surface area contributed by atoms with E-state index in [0.717, 1.165) is 58.8 Å². The zero-order chi connectivity index (χ0) is 52.0. The first-order valence-electron chi connectivity index (χ1n) is 24.6. The Bertz CT molecular complexity index is 2880. The summed E-state index contributed by atoms with van der Waals surface area (Å²) in [5.41, 5.74) is 2.83. The lowest BCUT2D eigenvalue weighted by Crippen LogP contribution is -2.56. The Morgan fingerprint density at radius 3 is 2.36 bits per heavy atom. The number of pyridine rings is 2. The van der Waals surface area contributed by atoms with Crippen molar-refractivity contribution < 1.29 is 61.7 Å². The number of likely N-dealkylation sites (N-methyl/N-ethyl adjacent to an activating group) is 1. The Kier molecular flexibility index (Phi) is 16.1. The predicted molar refractivity (Wildman–Crippen MR) is 263 cm³/mol. The minimum Gasteiger partial charge on any atom is -0.494 e. The second kappa shape index (κ2) is 22.5. The molecule has 388 valence electrons. The number of hydrogen-bond donors (Lipinski definition) is 4. The van der Waals surface area contributed by atoms with Gasteiger partial charge < -0.3 is 49.1 Å². The van der Waals surface area contributed by atoms with Gasteiger partial charge in [-0.25, -0.2) is 14.2 Å². The highest BCUT2D eigenvalue weighted by molar-refractivity contribution is 6.12. The summed E-state index contributed by atoms with van der Waals surface area (Å²) < 4.78 is 39.2. The molecule has 6 heterocycles. The van der Waals surface area contributed by atoms with Crippen molar-refractivity contribution >= 4 is 52.1 Å². The summed E-state index contributed by atoms with van der Waals surface area (Å²) in [5.74, 6) is -2.96. The van der Waals surface area contributed by atoms with Gasteiger partial charge in [-0.1, -0.05) is 19.1 Å². The predicted octanol–water partition coefficient (Wildman–Crippen LogP) is 2.38. The Labute approximate surface area is 421 Å². The van der Waals surface area contributed by atoms with Gasteiger partial charge in [-0.3, -0.25) is 38.6 Å². The SMILES string of the molecule is CC[C@@]1(O)C(=O)OCc2c1cc1n(c2=O)Cc2c-1nc1cc(F)c(OC)cc1c2CN1CC[N+](C)(Cc2ccc(NC(=O)[C@H](C)NC(=O)CCOCCOCCNC(=O)CCCN3C(=O)C=CC3=O)cc2)CC1. The van der Waals surface area contributed by atoms with E-state index in [2.05, 4.69) is 27.9 Å². The van der Waals surface area contributed by atoms with Crippen LogP contribution in [0, 0.1) is 5.82 Å². The minimum atomic E-state index is -1.98. The summed E-state index contributed by atoms with van der Waals surface area (Å²) in [6.07, 6.45) is 3.01. The van der Waals surface area contributed by atoms with Gasteiger partial charge in [0.05, 0.1) is 82.7 Å². The number of cyclic esters (lactones) is 1. The van der Waals surface area contributed by atoms with E-state index in [1.165, 1.54) is 25.3 Å². The van der Waals surface area contributed by atoms with Crippen LogP contribution >= 0.6 is 0 Å². The molecule has 4 aliphatic rings. The van der Waals surface area contributed by atoms with E-state index in [4.69, 9.17) is 23.9 Å². The number of esters is 1. The molecule has 0 bridgehead atoms. The number of halogens is 1. The number of imide groups is 1. The van der Waals surface area contributed by atoms with E-state index in [1.54, 1.807) is 30.5 Å². The molecule has 2 aromatic heterocycles. The van der Waals surface area contributed by atoms with E-state index < -0.39 is 23.4 Å². The fourth-order valence-electron chi connectivity index (χ4n) is 9.68. The molecule has 2 atom stereocenters. The number of benzene rings is 2. The second-order valence-corrected chi connectivity index (χ2v) is 19.1. The summed E-state index contributed by atoms with van der Waals surface area (Å²) in [6.45, 7) is 8.97. The number of anilines is 1. The third-order valence-electron chi connectivity index (χ3n) is 14.0. The highest BCUT2D eigenvalue weighted by Gasteiger charge is 2.46. The van der Waals surface area contributed by atoms with Gasteiger partial charge in [0.1, 0.15) is 19.2 Å². The van der Waals surface area contributed by atoms with Crippen LogP contribution in [0.5, 0.6) is 5.75 Å². The largest absolute Gasteiger partial charge is 0.494 e. The van der Waals surface area contributed by atoms with Crippen LogP contribution in [0.15, 0.2) is 59.4 Å². The molecule has 1 saturated heterocycles. The average Bonchev–Trinajstić information content (AvgIpc) is 3.90. The molecule has 21 heteroatoms. The van der Waals surface area contributed by atoms with E-state index in [-0.39, 0.29) is 124 Å². The van der Waals surface area contributed by atoms with Gasteiger partial charge in [-0.15, -0.1) is 0 Å². The number of ether oxygens (including phenoxy) is 4. The van der Waals surface area contributed by atoms with Crippen molar-refractivity contribution in [2.45, 2.75) is 77.4 Å². The smallest absolute Gasteiger partial charge is 0.343 e. The Hall–Kier alpha value is -6.91. The maximum absolute atomic E-state index is 15.2. The molecule has 2 aromatic carbocycles. The molecule has 5 amide bonds. The van der Waals surface area contributed by atoms with Gasteiger partial charge in [-0.05, 0) is 49.6 Å². The lowest BCUT2D eigenvalue weighted by Gasteiger charge is -2.42. The summed E-state index contributed by atoms with van der Waals surface area (Å²) >= 11 is 0. The number of nitrogens with zero attached hydrogens (tertiary/aromatic N) is 5. The number of methoxy groups -OCH3 is 1. The molecule has 0 saturated carbocycles. The van der Waals surface area contributed by atoms with Crippen molar-refractivity contribution in [3.63, 3.8) is 0 Å². The molecule has 0 radical (unpaired) electrons. The third kappa shape index (κ3) is 11.7. The summed E-state index contributed by atoms with van der Waals surface area (Å²) in [6, 6.07) is 11.5. The molecular weight excluding hydrogens is 948 g/mol. The molecular formula is C52H62FN8O12+. The highest BCUT2D eigenvalue weighted by atomic mass is 19.1. The fraction of sp³-hybridized carbons (Fsp3) is 0.462. The molecule has 20 nitrogen and oxygen atoms in total. The van der Waals surface area contributed by atoms with E-state index >= 15 is 4.39 Å². The standard InChI is InChI=1S/C52H61FN8O12/c1-5-52(69)39-26-42-48-37(29-60(42)50(67)38(39)31-73-51(52)68)36(35-25-43(70-4)40(53)27-41(35)57-48)28-58-17-19-61(3,20-18-58)30-33-8-10-34(11-9-33)56-49(66)32(2)55-45(63)14-21-71-23-24-72-22-15-54-44(62)7-6-16-59-46(64)12-13-47(59)65/h8-13,25-27,32,69H,5-7,14-24,28-31H2,1-4H3,(H2-,54,55,56,62,63,66)/p+1/t32-,52-/m0/s1. The monoisotopic (exact) mass is 1010 g/mol. The van der Waals surface area contributed by atoms with Crippen molar-refractivity contribution in [2.75, 3.05) is 85.2 Å². The van der Waals surface area contributed by atoms with Crippen LogP contribution < -0.4 is 26.2 Å². The number of amides is 5. The maximum atomic E-state index is 15.2. The first-order chi connectivity index (χ1) is 35.0. The highest BCUT2D eigenvalue weighted by Crippen LogP contribution is 2.41. The van der Waals surface area contributed by atoms with Crippen LogP contribution in [-0.2, 0) is 74.8 Å². The second-order valence-electron chi connectivity index (χ2n) is 19.1. The zero-order valence-corrected chi connectivity index (χ0v) is 41.6. The molecule has 8 rings (SSSR count). The van der Waals surface area contributed by atoms with Crippen LogP contribution in [0.3, 0.4) is 0 Å². The molecule has 0 aliphatic carbocycles. The van der Waals surface area contributed by atoms with Crippen molar-refractivity contribution in [3.8, 4) is 17.1 Å². The Morgan fingerprint density at radius 1 is 0.945 bits per heavy atom. The third-order valence-corrected chi connectivity index (χ3v) is 14.0. The number of fused-ring (bicyclic) bond motifs is 5. The molecule has 0 spiro atoms. The molecule has 73 heavy (non-hydrogen) atoms. The van der Waals surface area contributed by atoms with Crippen LogP contribution in [-0.4, -0.2) is 150 Å². The molecule has 0 unspecified atom stereocenters. The number of hydrogen-bond acceptors (Lipinski definition) is 14. The quantitative estimate of drug-likeness (QED) is 0.0338. The van der Waals surface area contributed by atoms with E-state index in [1.807, 2.05) is 24.3 Å². The van der Waals surface area contributed by atoms with Crippen molar-refractivity contribution in [3.05, 3.63) is 98.6 Å². The molecule has 4 aromatic rings. The Balaban J connectivity index is 0.771. The van der Waals surface area contributed by atoms with Crippen LogP contribution in [0.25, 0.3) is 22.3 Å². The molecule has 1 fully saturated rings. The number of carbonyl (C=O) groups is 6.